The second-order valence-electron chi connectivity index (χ2n) is 10.4. The number of nitrogens with zero attached hydrogens (tertiary/aromatic N) is 2. The van der Waals surface area contributed by atoms with Crippen LogP contribution in [0.1, 0.15) is 54.1 Å². The van der Waals surface area contributed by atoms with Crippen LogP contribution in [0.4, 0.5) is 20.6 Å². The molecule has 2 amide bonds. The molecule has 3 aromatic carbocycles. The summed E-state index contributed by atoms with van der Waals surface area (Å²) in [6.07, 6.45) is 1.91. The summed E-state index contributed by atoms with van der Waals surface area (Å²) < 4.78 is 18.8. The van der Waals surface area contributed by atoms with Crippen LogP contribution in [-0.2, 0) is 11.3 Å². The van der Waals surface area contributed by atoms with E-state index in [1.54, 1.807) is 6.07 Å². The molecule has 1 saturated heterocycles. The number of anilines is 2. The van der Waals surface area contributed by atoms with E-state index in [1.165, 1.54) is 36.3 Å². The van der Waals surface area contributed by atoms with Gasteiger partial charge < -0.3 is 15.0 Å². The van der Waals surface area contributed by atoms with Crippen molar-refractivity contribution in [2.24, 2.45) is 0 Å². The Hall–Kier alpha value is -2.84. The van der Waals surface area contributed by atoms with Crippen molar-refractivity contribution >= 4 is 58.2 Å². The van der Waals surface area contributed by atoms with Crippen LogP contribution in [-0.4, -0.2) is 43.1 Å². The number of likely N-dealkylation sites (tertiary alicyclic amines) is 1. The maximum absolute atomic E-state index is 14.0. The zero-order valence-corrected chi connectivity index (χ0v) is 24.6. The Morgan fingerprint density at radius 2 is 1.68 bits per heavy atom. The van der Waals surface area contributed by atoms with Gasteiger partial charge in [-0.15, -0.1) is 0 Å². The number of hydrogen-bond acceptors (Lipinski definition) is 4. The standard InChI is InChI=1S/C30H29Cl3FN3O3/c1-16(2)36-8-6-17(7-9-36)18-10-22(21-5-4-20(34)14-24(21)31)23-15-35-30(39)37(27(23)13-18)28-25(32)11-19(12-26(28)33)29(38)40-3/h4-5,10-14,16-17H,6-9,15H2,1-3H3,(H,35,39). The molecule has 40 heavy (non-hydrogen) atoms. The predicted octanol–water partition coefficient (Wildman–Crippen LogP) is 8.19. The molecule has 2 aliphatic heterocycles. The average molecular weight is 605 g/mol. The summed E-state index contributed by atoms with van der Waals surface area (Å²) in [4.78, 5) is 29.5. The highest BCUT2D eigenvalue weighted by Gasteiger charge is 2.33. The van der Waals surface area contributed by atoms with Crippen molar-refractivity contribution < 1.29 is 18.7 Å². The molecule has 210 valence electrons. The zero-order valence-electron chi connectivity index (χ0n) is 22.4. The molecule has 5 rings (SSSR count). The van der Waals surface area contributed by atoms with Crippen molar-refractivity contribution in [2.45, 2.75) is 45.2 Å². The lowest BCUT2D eigenvalue weighted by Gasteiger charge is -2.37. The molecule has 1 fully saturated rings. The predicted molar refractivity (Wildman–Crippen MR) is 158 cm³/mol. The van der Waals surface area contributed by atoms with Crippen LogP contribution < -0.4 is 10.2 Å². The van der Waals surface area contributed by atoms with E-state index >= 15 is 0 Å². The quantitative estimate of drug-likeness (QED) is 0.298. The zero-order chi connectivity index (χ0) is 28.7. The van der Waals surface area contributed by atoms with E-state index in [1.807, 2.05) is 6.07 Å². The Morgan fingerprint density at radius 3 is 2.27 bits per heavy atom. The molecule has 0 radical (unpaired) electrons. The second kappa shape index (κ2) is 11.6. The number of halogens is 4. The Balaban J connectivity index is 1.69. The number of fused-ring (bicyclic) bond motifs is 1. The van der Waals surface area contributed by atoms with Gasteiger partial charge >= 0.3 is 12.0 Å². The first-order valence-corrected chi connectivity index (χ1v) is 14.2. The summed E-state index contributed by atoms with van der Waals surface area (Å²) >= 11 is 19.9. The van der Waals surface area contributed by atoms with Crippen molar-refractivity contribution in [2.75, 3.05) is 25.1 Å². The van der Waals surface area contributed by atoms with Crippen LogP contribution in [0.3, 0.4) is 0 Å². The number of methoxy groups -OCH3 is 1. The summed E-state index contributed by atoms with van der Waals surface area (Å²) in [5, 5.41) is 3.41. The second-order valence-corrected chi connectivity index (χ2v) is 11.6. The first-order valence-electron chi connectivity index (χ1n) is 13.1. The van der Waals surface area contributed by atoms with Crippen LogP contribution in [0.15, 0.2) is 42.5 Å². The molecule has 0 saturated carbocycles. The molecule has 0 aliphatic carbocycles. The number of benzene rings is 3. The molecule has 0 bridgehead atoms. The minimum atomic E-state index is -0.595. The summed E-state index contributed by atoms with van der Waals surface area (Å²) in [5.74, 6) is -0.779. The SMILES string of the molecule is COC(=O)c1cc(Cl)c(N2C(=O)NCc3c(-c4ccc(F)cc4Cl)cc(C4CCN(C(C)C)CC4)cc32)c(Cl)c1. The van der Waals surface area contributed by atoms with Crippen molar-refractivity contribution in [3.63, 3.8) is 0 Å². The molecule has 3 aromatic rings. The monoisotopic (exact) mass is 603 g/mol. The van der Waals surface area contributed by atoms with Crippen LogP contribution in [0.5, 0.6) is 0 Å². The lowest BCUT2D eigenvalue weighted by Crippen LogP contribution is -2.42. The highest BCUT2D eigenvalue weighted by molar-refractivity contribution is 6.41. The summed E-state index contributed by atoms with van der Waals surface area (Å²) in [7, 11) is 1.27. The molecule has 1 N–H and O–H groups in total. The number of hydrogen-bond donors (Lipinski definition) is 1. The Labute approximate surface area is 247 Å². The number of carbonyl (C=O) groups is 2. The van der Waals surface area contributed by atoms with Gasteiger partial charge in [-0.25, -0.2) is 14.0 Å². The van der Waals surface area contributed by atoms with Crippen LogP contribution >= 0.6 is 34.8 Å². The first-order chi connectivity index (χ1) is 19.1. The smallest absolute Gasteiger partial charge is 0.337 e. The third kappa shape index (κ3) is 5.40. The molecule has 0 atom stereocenters. The van der Waals surface area contributed by atoms with Gasteiger partial charge in [-0.1, -0.05) is 40.9 Å². The minimum absolute atomic E-state index is 0.118. The van der Waals surface area contributed by atoms with Crippen LogP contribution in [0, 0.1) is 5.82 Å². The number of esters is 1. The summed E-state index contributed by atoms with van der Waals surface area (Å²) in [6.45, 7) is 6.55. The first kappa shape index (κ1) is 28.7. The highest BCUT2D eigenvalue weighted by atomic mass is 35.5. The number of rotatable bonds is 5. The van der Waals surface area contributed by atoms with E-state index in [4.69, 9.17) is 39.5 Å². The normalized spacial score (nSPS) is 16.2. The van der Waals surface area contributed by atoms with Gasteiger partial charge in [-0.05, 0) is 93.2 Å². The maximum atomic E-state index is 14.0. The molecular weight excluding hydrogens is 576 g/mol. The number of ether oxygens (including phenoxy) is 1. The van der Waals surface area contributed by atoms with Gasteiger partial charge in [0.05, 0.1) is 39.1 Å². The van der Waals surface area contributed by atoms with E-state index in [2.05, 4.69) is 30.1 Å². The Morgan fingerprint density at radius 1 is 1.00 bits per heavy atom. The van der Waals surface area contributed by atoms with Gasteiger partial charge in [-0.2, -0.15) is 0 Å². The van der Waals surface area contributed by atoms with Gasteiger partial charge in [0.25, 0.3) is 0 Å². The van der Waals surface area contributed by atoms with Gasteiger partial charge in [0, 0.05) is 23.7 Å². The van der Waals surface area contributed by atoms with Gasteiger partial charge in [0.1, 0.15) is 5.82 Å². The lowest BCUT2D eigenvalue weighted by atomic mass is 9.84. The van der Waals surface area contributed by atoms with Crippen LogP contribution in [0.2, 0.25) is 15.1 Å². The van der Waals surface area contributed by atoms with Gasteiger partial charge in [0.2, 0.25) is 0 Å². The molecule has 0 spiro atoms. The van der Waals surface area contributed by atoms with E-state index in [-0.39, 0.29) is 38.8 Å². The largest absolute Gasteiger partial charge is 0.465 e. The number of carbonyl (C=O) groups excluding carboxylic acids is 2. The fourth-order valence-corrected chi connectivity index (χ4v) is 6.51. The van der Waals surface area contributed by atoms with E-state index in [0.29, 0.717) is 17.3 Å². The molecule has 0 unspecified atom stereocenters. The fraction of sp³-hybridized carbons (Fsp3) is 0.333. The van der Waals surface area contributed by atoms with Crippen molar-refractivity contribution in [3.05, 3.63) is 80.0 Å². The molecule has 0 aromatic heterocycles. The maximum Gasteiger partial charge on any atom is 0.337 e. The topological polar surface area (TPSA) is 61.9 Å². The summed E-state index contributed by atoms with van der Waals surface area (Å²) in [5.41, 5.74) is 4.33. The summed E-state index contributed by atoms with van der Waals surface area (Å²) in [6, 6.07) is 11.4. The molecule has 2 aliphatic rings. The third-order valence-electron chi connectivity index (χ3n) is 7.72. The Kier molecular flexibility index (Phi) is 8.30. The fourth-order valence-electron chi connectivity index (χ4n) is 5.59. The molecule has 10 heteroatoms. The number of piperidine rings is 1. The van der Waals surface area contributed by atoms with Gasteiger partial charge in [0.15, 0.2) is 0 Å². The number of amides is 2. The Bertz CT molecular complexity index is 1470. The van der Waals surface area contributed by atoms with E-state index in [9.17, 15) is 14.0 Å². The average Bonchev–Trinajstić information content (AvgIpc) is 2.92. The molecular formula is C30H29Cl3FN3O3. The minimum Gasteiger partial charge on any atom is -0.465 e. The molecule has 2 heterocycles. The molecule has 6 nitrogen and oxygen atoms in total. The van der Waals surface area contributed by atoms with E-state index in [0.717, 1.165) is 42.6 Å². The van der Waals surface area contributed by atoms with Crippen LogP contribution in [0.25, 0.3) is 11.1 Å². The third-order valence-corrected chi connectivity index (χ3v) is 8.61. The van der Waals surface area contributed by atoms with Gasteiger partial charge in [-0.3, -0.25) is 4.90 Å². The lowest BCUT2D eigenvalue weighted by molar-refractivity contribution is 0.0600. The highest BCUT2D eigenvalue weighted by Crippen LogP contribution is 2.47. The number of urea groups is 1. The van der Waals surface area contributed by atoms with Crippen molar-refractivity contribution in [1.82, 2.24) is 10.2 Å². The van der Waals surface area contributed by atoms with E-state index < -0.39 is 17.8 Å². The van der Waals surface area contributed by atoms with Crippen molar-refractivity contribution in [3.8, 4) is 11.1 Å². The number of nitrogens with one attached hydrogen (secondary N) is 1. The van der Waals surface area contributed by atoms with Crippen molar-refractivity contribution in [1.29, 1.82) is 0 Å².